The van der Waals surface area contributed by atoms with E-state index < -0.39 is 11.5 Å². The summed E-state index contributed by atoms with van der Waals surface area (Å²) in [4.78, 5) is 29.0. The van der Waals surface area contributed by atoms with Crippen molar-refractivity contribution < 1.29 is 14.6 Å². The second kappa shape index (κ2) is 4.67. The van der Waals surface area contributed by atoms with Gasteiger partial charge in [-0.25, -0.2) is 9.78 Å². The van der Waals surface area contributed by atoms with E-state index in [0.717, 1.165) is 19.4 Å². The topological polar surface area (TPSA) is 92.3 Å². The van der Waals surface area contributed by atoms with Crippen LogP contribution >= 0.6 is 0 Å². The van der Waals surface area contributed by atoms with E-state index in [2.05, 4.69) is 9.97 Å². The van der Waals surface area contributed by atoms with Gasteiger partial charge in [0.25, 0.3) is 5.56 Å². The second-order valence-corrected chi connectivity index (χ2v) is 4.12. The number of hydrogen-bond acceptors (Lipinski definition) is 4. The number of carboxylic acids is 1. The zero-order valence-corrected chi connectivity index (χ0v) is 9.52. The highest BCUT2D eigenvalue weighted by atomic mass is 16.5. The van der Waals surface area contributed by atoms with Gasteiger partial charge in [-0.3, -0.25) is 4.79 Å². The summed E-state index contributed by atoms with van der Waals surface area (Å²) < 4.78 is 5.44. The largest absolute Gasteiger partial charge is 0.477 e. The Balaban J connectivity index is 2.25. The van der Waals surface area contributed by atoms with E-state index >= 15 is 0 Å². The molecule has 0 bridgehead atoms. The smallest absolute Gasteiger partial charge is 0.343 e. The number of rotatable bonds is 3. The molecular formula is C11H14N2O4. The number of aromatic nitrogens is 2. The summed E-state index contributed by atoms with van der Waals surface area (Å²) in [5.41, 5.74) is -0.645. The van der Waals surface area contributed by atoms with Crippen molar-refractivity contribution in [2.75, 3.05) is 6.61 Å². The van der Waals surface area contributed by atoms with Gasteiger partial charge in [0.1, 0.15) is 11.4 Å². The fourth-order valence-electron chi connectivity index (χ4n) is 2.01. The molecule has 0 aromatic carbocycles. The molecule has 2 heterocycles. The SMILES string of the molecule is Cc1nc(CC2CCCO2)[nH]c(=O)c1C(=O)O. The Hall–Kier alpha value is -1.69. The van der Waals surface area contributed by atoms with Crippen LogP contribution in [0.4, 0.5) is 0 Å². The van der Waals surface area contributed by atoms with Crippen LogP contribution in [-0.2, 0) is 11.2 Å². The number of aromatic carboxylic acids is 1. The zero-order chi connectivity index (χ0) is 12.4. The molecule has 1 unspecified atom stereocenters. The molecule has 6 nitrogen and oxygen atoms in total. The molecule has 0 aliphatic carbocycles. The van der Waals surface area contributed by atoms with Crippen molar-refractivity contribution >= 4 is 5.97 Å². The summed E-state index contributed by atoms with van der Waals surface area (Å²) in [7, 11) is 0. The highest BCUT2D eigenvalue weighted by Gasteiger charge is 2.19. The van der Waals surface area contributed by atoms with Crippen LogP contribution in [0.1, 0.15) is 34.7 Å². The number of nitrogens with zero attached hydrogens (tertiary/aromatic N) is 1. The van der Waals surface area contributed by atoms with E-state index in [1.165, 1.54) is 6.92 Å². The third-order valence-electron chi connectivity index (χ3n) is 2.81. The van der Waals surface area contributed by atoms with Gasteiger partial charge in [0.2, 0.25) is 0 Å². The number of hydrogen-bond donors (Lipinski definition) is 2. The first kappa shape index (κ1) is 11.8. The summed E-state index contributed by atoms with van der Waals surface area (Å²) >= 11 is 0. The molecule has 0 spiro atoms. The number of ether oxygens (including phenoxy) is 1. The third kappa shape index (κ3) is 2.52. The number of carbonyl (C=O) groups is 1. The number of aromatic amines is 1. The molecule has 2 N–H and O–H groups in total. The lowest BCUT2D eigenvalue weighted by Gasteiger charge is -2.09. The van der Waals surface area contributed by atoms with E-state index in [-0.39, 0.29) is 17.4 Å². The van der Waals surface area contributed by atoms with Gasteiger partial charge in [0, 0.05) is 13.0 Å². The Morgan fingerprint density at radius 3 is 2.94 bits per heavy atom. The first-order chi connectivity index (χ1) is 8.08. The van der Waals surface area contributed by atoms with Crippen LogP contribution in [-0.4, -0.2) is 33.8 Å². The molecule has 0 amide bonds. The van der Waals surface area contributed by atoms with Gasteiger partial charge in [-0.2, -0.15) is 0 Å². The Bertz CT molecular complexity index is 489. The molecular weight excluding hydrogens is 224 g/mol. The van der Waals surface area contributed by atoms with Crippen LogP contribution in [0.3, 0.4) is 0 Å². The number of nitrogens with one attached hydrogen (secondary N) is 1. The maximum atomic E-state index is 11.6. The lowest BCUT2D eigenvalue weighted by Crippen LogP contribution is -2.24. The minimum atomic E-state index is -1.25. The standard InChI is InChI=1S/C11H14N2O4/c1-6-9(11(15)16)10(14)13-8(12-6)5-7-3-2-4-17-7/h7H,2-5H2,1H3,(H,15,16)(H,12,13,14). The van der Waals surface area contributed by atoms with Gasteiger partial charge in [-0.15, -0.1) is 0 Å². The molecule has 17 heavy (non-hydrogen) atoms. The molecule has 92 valence electrons. The van der Waals surface area contributed by atoms with Crippen molar-refractivity contribution in [3.63, 3.8) is 0 Å². The molecule has 1 aliphatic heterocycles. The summed E-state index contributed by atoms with van der Waals surface area (Å²) in [5.74, 6) is -0.760. The molecule has 6 heteroatoms. The summed E-state index contributed by atoms with van der Waals surface area (Å²) in [6.45, 7) is 2.26. The highest BCUT2D eigenvalue weighted by molar-refractivity contribution is 5.88. The van der Waals surface area contributed by atoms with Crippen LogP contribution in [0.2, 0.25) is 0 Å². The molecule has 0 radical (unpaired) electrons. The third-order valence-corrected chi connectivity index (χ3v) is 2.81. The fourth-order valence-corrected chi connectivity index (χ4v) is 2.01. The number of aryl methyl sites for hydroxylation is 1. The Kier molecular flexibility index (Phi) is 3.23. The van der Waals surface area contributed by atoms with Crippen molar-refractivity contribution in [3.05, 3.63) is 27.4 Å². The van der Waals surface area contributed by atoms with Gasteiger partial charge in [0.05, 0.1) is 11.8 Å². The average Bonchev–Trinajstić information content (AvgIpc) is 2.68. The van der Waals surface area contributed by atoms with Crippen molar-refractivity contribution in [2.45, 2.75) is 32.3 Å². The first-order valence-corrected chi connectivity index (χ1v) is 5.52. The quantitative estimate of drug-likeness (QED) is 0.799. The molecule has 1 atom stereocenters. The molecule has 1 aliphatic rings. The second-order valence-electron chi connectivity index (χ2n) is 4.12. The van der Waals surface area contributed by atoms with Gasteiger partial charge in [-0.1, -0.05) is 0 Å². The predicted octanol–water partition coefficient (Wildman–Crippen LogP) is 0.498. The van der Waals surface area contributed by atoms with E-state index in [1.54, 1.807) is 0 Å². The van der Waals surface area contributed by atoms with E-state index in [1.807, 2.05) is 0 Å². The number of H-pyrrole nitrogens is 1. The average molecular weight is 238 g/mol. The minimum absolute atomic E-state index is 0.0771. The maximum Gasteiger partial charge on any atom is 0.343 e. The zero-order valence-electron chi connectivity index (χ0n) is 9.52. The maximum absolute atomic E-state index is 11.6. The molecule has 0 saturated carbocycles. The van der Waals surface area contributed by atoms with Crippen LogP contribution in [0, 0.1) is 6.92 Å². The van der Waals surface area contributed by atoms with Gasteiger partial charge in [-0.05, 0) is 19.8 Å². The van der Waals surface area contributed by atoms with Crippen molar-refractivity contribution in [1.29, 1.82) is 0 Å². The molecule has 1 aromatic rings. The van der Waals surface area contributed by atoms with Crippen molar-refractivity contribution in [1.82, 2.24) is 9.97 Å². The molecule has 1 saturated heterocycles. The van der Waals surface area contributed by atoms with Gasteiger partial charge >= 0.3 is 5.97 Å². The number of carboxylic acid groups (broad SMARTS) is 1. The Morgan fingerprint density at radius 1 is 1.65 bits per heavy atom. The molecule has 1 aromatic heterocycles. The normalized spacial score (nSPS) is 19.5. The summed E-state index contributed by atoms with van der Waals surface area (Å²) in [6.07, 6.45) is 2.56. The van der Waals surface area contributed by atoms with Crippen LogP contribution in [0.5, 0.6) is 0 Å². The molecule has 2 rings (SSSR count). The van der Waals surface area contributed by atoms with E-state index in [0.29, 0.717) is 12.2 Å². The van der Waals surface area contributed by atoms with Crippen LogP contribution in [0.25, 0.3) is 0 Å². The lowest BCUT2D eigenvalue weighted by molar-refractivity contribution is 0.0693. The Morgan fingerprint density at radius 2 is 2.41 bits per heavy atom. The van der Waals surface area contributed by atoms with Crippen molar-refractivity contribution in [2.24, 2.45) is 0 Å². The van der Waals surface area contributed by atoms with E-state index in [4.69, 9.17) is 9.84 Å². The lowest BCUT2D eigenvalue weighted by atomic mass is 10.1. The fraction of sp³-hybridized carbons (Fsp3) is 0.545. The van der Waals surface area contributed by atoms with Crippen LogP contribution in [0.15, 0.2) is 4.79 Å². The minimum Gasteiger partial charge on any atom is -0.477 e. The van der Waals surface area contributed by atoms with Gasteiger partial charge in [0.15, 0.2) is 0 Å². The first-order valence-electron chi connectivity index (χ1n) is 5.52. The van der Waals surface area contributed by atoms with E-state index in [9.17, 15) is 9.59 Å². The summed E-state index contributed by atoms with van der Waals surface area (Å²) in [5, 5.41) is 8.84. The Labute approximate surface area is 97.7 Å². The molecule has 1 fully saturated rings. The van der Waals surface area contributed by atoms with Crippen molar-refractivity contribution in [3.8, 4) is 0 Å². The van der Waals surface area contributed by atoms with Crippen LogP contribution < -0.4 is 5.56 Å². The van der Waals surface area contributed by atoms with Gasteiger partial charge < -0.3 is 14.8 Å². The summed E-state index contributed by atoms with van der Waals surface area (Å²) in [6, 6.07) is 0. The monoisotopic (exact) mass is 238 g/mol. The predicted molar refractivity (Wildman–Crippen MR) is 59.2 cm³/mol. The highest BCUT2D eigenvalue weighted by Crippen LogP contribution is 2.15.